The highest BCUT2D eigenvalue weighted by Crippen LogP contribution is 2.31. The van der Waals surface area contributed by atoms with Gasteiger partial charge in [0.2, 0.25) is 11.8 Å². The molecule has 1 aliphatic heterocycles. The number of nitrogens with zero attached hydrogens (tertiary/aromatic N) is 1. The molecule has 1 aromatic rings. The van der Waals surface area contributed by atoms with Crippen LogP contribution in [-0.2, 0) is 15.0 Å². The van der Waals surface area contributed by atoms with E-state index in [2.05, 4.69) is 29.4 Å². The number of rotatable bonds is 6. The van der Waals surface area contributed by atoms with Crippen molar-refractivity contribution in [2.24, 2.45) is 0 Å². The Bertz CT molecular complexity index is 556. The Hall–Kier alpha value is -1.50. The summed E-state index contributed by atoms with van der Waals surface area (Å²) >= 11 is 4.92. The van der Waals surface area contributed by atoms with Gasteiger partial charge < -0.3 is 15.5 Å². The smallest absolute Gasteiger partial charge is 0.246 e. The van der Waals surface area contributed by atoms with Crippen LogP contribution in [-0.4, -0.2) is 41.5 Å². The molecule has 0 saturated carbocycles. The van der Waals surface area contributed by atoms with Gasteiger partial charge in [0.15, 0.2) is 10.5 Å². The monoisotopic (exact) mass is 355 g/mol. The van der Waals surface area contributed by atoms with Crippen molar-refractivity contribution in [3.05, 3.63) is 35.9 Å². The summed E-state index contributed by atoms with van der Waals surface area (Å²) in [5.41, 5.74) is -0.536. The van der Waals surface area contributed by atoms with E-state index in [4.69, 9.17) is 12.2 Å². The van der Waals surface area contributed by atoms with Gasteiger partial charge in [-0.15, -0.1) is 12.4 Å². The maximum atomic E-state index is 12.6. The molecule has 1 aliphatic rings. The van der Waals surface area contributed by atoms with Gasteiger partial charge in [0.1, 0.15) is 0 Å². The first kappa shape index (κ1) is 19.5. The molecule has 0 spiro atoms. The first-order valence-corrected chi connectivity index (χ1v) is 7.90. The number of carbonyl (C=O) groups is 2. The molecule has 0 unspecified atom stereocenters. The van der Waals surface area contributed by atoms with Crippen molar-refractivity contribution in [2.75, 3.05) is 19.6 Å². The molecule has 23 heavy (non-hydrogen) atoms. The highest BCUT2D eigenvalue weighted by molar-refractivity contribution is 7.80. The molecular weight excluding hydrogens is 334 g/mol. The SMILES string of the molecule is CCN(CC)CCC1(c2ccccc2)C(=O)NC(=S)NC1=O.Cl. The molecule has 0 aliphatic carbocycles. The second kappa shape index (κ2) is 8.38. The van der Waals surface area contributed by atoms with E-state index in [-0.39, 0.29) is 29.3 Å². The summed E-state index contributed by atoms with van der Waals surface area (Å²) in [5.74, 6) is -0.695. The van der Waals surface area contributed by atoms with Gasteiger partial charge in [0.25, 0.3) is 0 Å². The van der Waals surface area contributed by atoms with Crippen LogP contribution < -0.4 is 10.6 Å². The Morgan fingerprint density at radius 3 is 2.04 bits per heavy atom. The van der Waals surface area contributed by atoms with Crippen LogP contribution >= 0.6 is 24.6 Å². The molecule has 0 aromatic heterocycles. The molecule has 0 radical (unpaired) electrons. The van der Waals surface area contributed by atoms with E-state index < -0.39 is 5.41 Å². The normalized spacial score (nSPS) is 16.6. The molecule has 2 N–H and O–H groups in total. The van der Waals surface area contributed by atoms with Crippen molar-refractivity contribution in [3.8, 4) is 0 Å². The van der Waals surface area contributed by atoms with E-state index in [0.717, 1.165) is 13.1 Å². The molecule has 1 fully saturated rings. The lowest BCUT2D eigenvalue weighted by Crippen LogP contribution is -2.65. The lowest BCUT2D eigenvalue weighted by Gasteiger charge is -2.36. The molecule has 1 heterocycles. The minimum Gasteiger partial charge on any atom is -0.304 e. The fourth-order valence-corrected chi connectivity index (χ4v) is 2.96. The molecule has 0 atom stereocenters. The molecule has 2 amide bonds. The number of hydrogen-bond acceptors (Lipinski definition) is 4. The largest absolute Gasteiger partial charge is 0.304 e. The topological polar surface area (TPSA) is 61.4 Å². The first-order chi connectivity index (χ1) is 10.5. The molecular formula is C16H22ClN3O2S. The van der Waals surface area contributed by atoms with Gasteiger partial charge in [-0.05, 0) is 43.8 Å². The van der Waals surface area contributed by atoms with Crippen molar-refractivity contribution in [1.29, 1.82) is 0 Å². The third-order valence-electron chi connectivity index (χ3n) is 4.19. The van der Waals surface area contributed by atoms with Crippen molar-refractivity contribution >= 4 is 41.6 Å². The standard InChI is InChI=1S/C16H21N3O2S.ClH/c1-3-19(4-2)11-10-16(12-8-6-5-7-9-12)13(20)17-15(22)18-14(16)21;/h5-9H,3-4,10-11H2,1-2H3,(H2,17,18,20,21,22);1H. The van der Waals surface area contributed by atoms with Crippen LogP contribution in [0.25, 0.3) is 0 Å². The van der Waals surface area contributed by atoms with Gasteiger partial charge in [-0.2, -0.15) is 0 Å². The van der Waals surface area contributed by atoms with E-state index in [1.165, 1.54) is 0 Å². The van der Waals surface area contributed by atoms with Crippen LogP contribution in [0.1, 0.15) is 25.8 Å². The first-order valence-electron chi connectivity index (χ1n) is 7.49. The minimum absolute atomic E-state index is 0. The van der Waals surface area contributed by atoms with Gasteiger partial charge in [-0.3, -0.25) is 9.59 Å². The van der Waals surface area contributed by atoms with Gasteiger partial charge in [-0.1, -0.05) is 44.2 Å². The van der Waals surface area contributed by atoms with E-state index in [1.807, 2.05) is 30.3 Å². The van der Waals surface area contributed by atoms with E-state index in [9.17, 15) is 9.59 Å². The van der Waals surface area contributed by atoms with E-state index in [0.29, 0.717) is 18.5 Å². The van der Waals surface area contributed by atoms with Crippen molar-refractivity contribution in [1.82, 2.24) is 15.5 Å². The fourth-order valence-electron chi connectivity index (χ4n) is 2.78. The summed E-state index contributed by atoms with van der Waals surface area (Å²) in [6.45, 7) is 6.55. The van der Waals surface area contributed by atoms with Crippen molar-refractivity contribution in [2.45, 2.75) is 25.7 Å². The number of halogens is 1. The lowest BCUT2D eigenvalue weighted by atomic mass is 9.74. The molecule has 126 valence electrons. The predicted molar refractivity (Wildman–Crippen MR) is 96.7 cm³/mol. The summed E-state index contributed by atoms with van der Waals surface area (Å²) in [7, 11) is 0. The molecule has 2 rings (SSSR count). The number of benzene rings is 1. The maximum Gasteiger partial charge on any atom is 0.246 e. The highest BCUT2D eigenvalue weighted by atomic mass is 35.5. The van der Waals surface area contributed by atoms with Crippen LogP contribution in [0.5, 0.6) is 0 Å². The van der Waals surface area contributed by atoms with Gasteiger partial charge in [-0.25, -0.2) is 0 Å². The third-order valence-corrected chi connectivity index (χ3v) is 4.40. The zero-order chi connectivity index (χ0) is 16.2. The summed E-state index contributed by atoms with van der Waals surface area (Å²) in [6, 6.07) is 9.17. The number of carbonyl (C=O) groups excluding carboxylic acids is 2. The predicted octanol–water partition coefficient (Wildman–Crippen LogP) is 1.61. The van der Waals surface area contributed by atoms with Crippen LogP contribution in [0, 0.1) is 0 Å². The number of nitrogens with one attached hydrogen (secondary N) is 2. The minimum atomic E-state index is -1.23. The zero-order valence-electron chi connectivity index (χ0n) is 13.3. The summed E-state index contributed by atoms with van der Waals surface area (Å²) < 4.78 is 0. The lowest BCUT2D eigenvalue weighted by molar-refractivity contribution is -0.138. The Morgan fingerprint density at radius 2 is 1.57 bits per heavy atom. The summed E-state index contributed by atoms with van der Waals surface area (Å²) in [6.07, 6.45) is 0.416. The second-order valence-corrected chi connectivity index (χ2v) is 5.69. The summed E-state index contributed by atoms with van der Waals surface area (Å²) in [4.78, 5) is 27.5. The molecule has 1 aromatic carbocycles. The molecule has 1 saturated heterocycles. The average Bonchev–Trinajstić information content (AvgIpc) is 2.51. The van der Waals surface area contributed by atoms with Gasteiger partial charge in [0, 0.05) is 0 Å². The van der Waals surface area contributed by atoms with Crippen LogP contribution in [0.3, 0.4) is 0 Å². The molecule has 0 bridgehead atoms. The quantitative estimate of drug-likeness (QED) is 0.601. The average molecular weight is 356 g/mol. The van der Waals surface area contributed by atoms with Gasteiger partial charge >= 0.3 is 0 Å². The second-order valence-electron chi connectivity index (χ2n) is 5.29. The Labute approximate surface area is 148 Å². The van der Waals surface area contributed by atoms with Crippen LogP contribution in [0.4, 0.5) is 0 Å². The summed E-state index contributed by atoms with van der Waals surface area (Å²) in [5, 5.41) is 5.28. The molecule has 5 nitrogen and oxygen atoms in total. The van der Waals surface area contributed by atoms with Crippen molar-refractivity contribution < 1.29 is 9.59 Å². The number of hydrogen-bond donors (Lipinski definition) is 2. The van der Waals surface area contributed by atoms with E-state index >= 15 is 0 Å². The third kappa shape index (κ3) is 3.88. The fraction of sp³-hybridized carbons (Fsp3) is 0.438. The van der Waals surface area contributed by atoms with Crippen LogP contribution in [0.15, 0.2) is 30.3 Å². The highest BCUT2D eigenvalue weighted by Gasteiger charge is 2.50. The van der Waals surface area contributed by atoms with Crippen molar-refractivity contribution in [3.63, 3.8) is 0 Å². The Balaban J connectivity index is 0.00000264. The molecule has 7 heteroatoms. The maximum absolute atomic E-state index is 12.6. The zero-order valence-corrected chi connectivity index (χ0v) is 14.9. The number of amides is 2. The van der Waals surface area contributed by atoms with Gasteiger partial charge in [0.05, 0.1) is 0 Å². The Morgan fingerprint density at radius 1 is 1.04 bits per heavy atom. The van der Waals surface area contributed by atoms with E-state index in [1.54, 1.807) is 0 Å². The van der Waals surface area contributed by atoms with Crippen LogP contribution in [0.2, 0.25) is 0 Å². The Kier molecular flexibility index (Phi) is 7.12. The number of thiocarbonyl (C=S) groups is 1.